The predicted octanol–water partition coefficient (Wildman–Crippen LogP) is 4.25. The number of para-hydroxylation sites is 1. The fourth-order valence-electron chi connectivity index (χ4n) is 2.53. The Bertz CT molecular complexity index is 893. The number of ether oxygens (including phenoxy) is 2. The molecule has 0 bridgehead atoms. The Morgan fingerprint density at radius 2 is 1.83 bits per heavy atom. The molecule has 0 saturated carbocycles. The standard InChI is InChI=1S/C18H14BrNO3/c1-22-15-8-4-3-6-12(15)17(21)13-10-14(19)11-7-5-9-20-16(11)18(13)23-2/h3-10H,1-2H3. The van der Waals surface area contributed by atoms with E-state index in [-0.39, 0.29) is 5.78 Å². The van der Waals surface area contributed by atoms with E-state index in [1.807, 2.05) is 18.2 Å². The van der Waals surface area contributed by atoms with E-state index in [1.54, 1.807) is 37.6 Å². The molecule has 0 amide bonds. The van der Waals surface area contributed by atoms with Gasteiger partial charge in [0.25, 0.3) is 0 Å². The second-order valence-corrected chi connectivity index (χ2v) is 5.72. The summed E-state index contributed by atoms with van der Waals surface area (Å²) in [6.45, 7) is 0. The average Bonchev–Trinajstić information content (AvgIpc) is 2.61. The second kappa shape index (κ2) is 6.38. The lowest BCUT2D eigenvalue weighted by Crippen LogP contribution is -2.07. The topological polar surface area (TPSA) is 48.4 Å². The van der Waals surface area contributed by atoms with E-state index >= 15 is 0 Å². The van der Waals surface area contributed by atoms with Gasteiger partial charge in [-0.05, 0) is 24.3 Å². The van der Waals surface area contributed by atoms with Gasteiger partial charge in [0, 0.05) is 16.1 Å². The van der Waals surface area contributed by atoms with Gasteiger partial charge < -0.3 is 9.47 Å². The van der Waals surface area contributed by atoms with Gasteiger partial charge in [0.1, 0.15) is 11.3 Å². The first-order valence-electron chi connectivity index (χ1n) is 6.96. The van der Waals surface area contributed by atoms with Crippen LogP contribution in [0.4, 0.5) is 0 Å². The van der Waals surface area contributed by atoms with Crippen molar-refractivity contribution >= 4 is 32.6 Å². The molecule has 1 aromatic heterocycles. The van der Waals surface area contributed by atoms with Crippen LogP contribution < -0.4 is 9.47 Å². The predicted molar refractivity (Wildman–Crippen MR) is 92.4 cm³/mol. The number of carbonyl (C=O) groups is 1. The van der Waals surface area contributed by atoms with Crippen LogP contribution in [-0.2, 0) is 0 Å². The summed E-state index contributed by atoms with van der Waals surface area (Å²) in [5.41, 5.74) is 1.56. The third kappa shape index (κ3) is 2.68. The van der Waals surface area contributed by atoms with E-state index in [9.17, 15) is 4.79 Å². The number of benzene rings is 2. The van der Waals surface area contributed by atoms with Crippen LogP contribution in [0.15, 0.2) is 53.1 Å². The van der Waals surface area contributed by atoms with E-state index < -0.39 is 0 Å². The summed E-state index contributed by atoms with van der Waals surface area (Å²) in [7, 11) is 3.08. The number of pyridine rings is 1. The van der Waals surface area contributed by atoms with Crippen molar-refractivity contribution in [2.24, 2.45) is 0 Å². The molecule has 5 heteroatoms. The Morgan fingerprint density at radius 3 is 2.57 bits per heavy atom. The van der Waals surface area contributed by atoms with Crippen LogP contribution in [0.3, 0.4) is 0 Å². The molecule has 0 aliphatic heterocycles. The summed E-state index contributed by atoms with van der Waals surface area (Å²) in [6.07, 6.45) is 1.68. The van der Waals surface area contributed by atoms with Gasteiger partial charge in [0.05, 0.1) is 25.3 Å². The number of methoxy groups -OCH3 is 2. The Hall–Kier alpha value is -2.40. The molecule has 116 valence electrons. The van der Waals surface area contributed by atoms with Crippen molar-refractivity contribution in [2.75, 3.05) is 14.2 Å². The molecule has 0 atom stereocenters. The molecule has 0 aliphatic rings. The minimum Gasteiger partial charge on any atom is -0.496 e. The van der Waals surface area contributed by atoms with Gasteiger partial charge in [-0.1, -0.05) is 34.1 Å². The van der Waals surface area contributed by atoms with Gasteiger partial charge in [-0.25, -0.2) is 0 Å². The van der Waals surface area contributed by atoms with Crippen molar-refractivity contribution in [1.29, 1.82) is 0 Å². The van der Waals surface area contributed by atoms with Crippen LogP contribution in [0.1, 0.15) is 15.9 Å². The summed E-state index contributed by atoms with van der Waals surface area (Å²) < 4.78 is 11.6. The number of fused-ring (bicyclic) bond motifs is 1. The number of halogens is 1. The fourth-order valence-corrected chi connectivity index (χ4v) is 3.08. The number of carbonyl (C=O) groups excluding carboxylic acids is 1. The Labute approximate surface area is 142 Å². The normalized spacial score (nSPS) is 10.6. The Morgan fingerprint density at radius 1 is 1.04 bits per heavy atom. The highest BCUT2D eigenvalue weighted by Gasteiger charge is 2.22. The Balaban J connectivity index is 2.25. The first-order valence-corrected chi connectivity index (χ1v) is 7.75. The van der Waals surface area contributed by atoms with Crippen LogP contribution in [0.25, 0.3) is 10.9 Å². The summed E-state index contributed by atoms with van der Waals surface area (Å²) in [5.74, 6) is 0.809. The maximum absolute atomic E-state index is 13.0. The number of aromatic nitrogens is 1. The van der Waals surface area contributed by atoms with Crippen molar-refractivity contribution in [1.82, 2.24) is 4.98 Å². The number of rotatable bonds is 4. The molecule has 0 unspecified atom stereocenters. The SMILES string of the molecule is COc1ccccc1C(=O)c1cc(Br)c2cccnc2c1OC. The third-order valence-corrected chi connectivity index (χ3v) is 4.25. The molecule has 0 radical (unpaired) electrons. The van der Waals surface area contributed by atoms with Crippen LogP contribution in [0, 0.1) is 0 Å². The third-order valence-electron chi connectivity index (χ3n) is 3.60. The molecule has 3 rings (SSSR count). The lowest BCUT2D eigenvalue weighted by molar-refractivity contribution is 0.103. The zero-order valence-corrected chi connectivity index (χ0v) is 14.3. The largest absolute Gasteiger partial charge is 0.496 e. The summed E-state index contributed by atoms with van der Waals surface area (Å²) >= 11 is 3.51. The Kier molecular flexibility index (Phi) is 4.30. The average molecular weight is 372 g/mol. The van der Waals surface area contributed by atoms with E-state index in [0.29, 0.717) is 28.1 Å². The van der Waals surface area contributed by atoms with E-state index in [0.717, 1.165) is 9.86 Å². The molecule has 3 aromatic rings. The highest BCUT2D eigenvalue weighted by Crippen LogP contribution is 2.36. The maximum Gasteiger partial charge on any atom is 0.200 e. The molecule has 4 nitrogen and oxygen atoms in total. The summed E-state index contributed by atoms with van der Waals surface area (Å²) in [5, 5.41) is 0.890. The molecule has 0 spiro atoms. The molecule has 0 N–H and O–H groups in total. The fraction of sp³-hybridized carbons (Fsp3) is 0.111. The molecule has 0 saturated heterocycles. The van der Waals surface area contributed by atoms with Crippen LogP contribution >= 0.6 is 15.9 Å². The van der Waals surface area contributed by atoms with E-state index in [2.05, 4.69) is 20.9 Å². The summed E-state index contributed by atoms with van der Waals surface area (Å²) in [4.78, 5) is 17.3. The quantitative estimate of drug-likeness (QED) is 0.643. The minimum atomic E-state index is -0.174. The molecule has 0 aliphatic carbocycles. The molecule has 23 heavy (non-hydrogen) atoms. The number of hydrogen-bond acceptors (Lipinski definition) is 4. The van der Waals surface area contributed by atoms with Gasteiger partial charge in [0.2, 0.25) is 5.78 Å². The van der Waals surface area contributed by atoms with E-state index in [4.69, 9.17) is 9.47 Å². The lowest BCUT2D eigenvalue weighted by Gasteiger charge is -2.13. The van der Waals surface area contributed by atoms with Crippen molar-refractivity contribution in [3.8, 4) is 11.5 Å². The lowest BCUT2D eigenvalue weighted by atomic mass is 9.99. The zero-order chi connectivity index (χ0) is 16.4. The van der Waals surface area contributed by atoms with Gasteiger partial charge in [-0.15, -0.1) is 0 Å². The highest BCUT2D eigenvalue weighted by atomic mass is 79.9. The maximum atomic E-state index is 13.0. The van der Waals surface area contributed by atoms with Crippen molar-refractivity contribution in [2.45, 2.75) is 0 Å². The van der Waals surface area contributed by atoms with E-state index in [1.165, 1.54) is 7.11 Å². The molecular weight excluding hydrogens is 358 g/mol. The van der Waals surface area contributed by atoms with Gasteiger partial charge in [-0.3, -0.25) is 9.78 Å². The summed E-state index contributed by atoms with van der Waals surface area (Å²) in [6, 6.07) is 12.6. The van der Waals surface area contributed by atoms with Crippen molar-refractivity contribution in [3.63, 3.8) is 0 Å². The number of nitrogens with zero attached hydrogens (tertiary/aromatic N) is 1. The smallest absolute Gasteiger partial charge is 0.200 e. The zero-order valence-electron chi connectivity index (χ0n) is 12.7. The van der Waals surface area contributed by atoms with Gasteiger partial charge in [-0.2, -0.15) is 0 Å². The minimum absolute atomic E-state index is 0.174. The second-order valence-electron chi connectivity index (χ2n) is 4.87. The highest BCUT2D eigenvalue weighted by molar-refractivity contribution is 9.10. The monoisotopic (exact) mass is 371 g/mol. The first kappa shape index (κ1) is 15.5. The molecule has 2 aromatic carbocycles. The number of hydrogen-bond donors (Lipinski definition) is 0. The van der Waals surface area contributed by atoms with Gasteiger partial charge >= 0.3 is 0 Å². The molecule has 0 fully saturated rings. The first-order chi connectivity index (χ1) is 11.2. The van der Waals surface area contributed by atoms with Gasteiger partial charge in [0.15, 0.2) is 5.75 Å². The van der Waals surface area contributed by atoms with Crippen LogP contribution in [-0.4, -0.2) is 25.0 Å². The van der Waals surface area contributed by atoms with Crippen molar-refractivity contribution < 1.29 is 14.3 Å². The van der Waals surface area contributed by atoms with Crippen molar-refractivity contribution in [3.05, 3.63) is 64.3 Å². The van der Waals surface area contributed by atoms with Crippen LogP contribution in [0.5, 0.6) is 11.5 Å². The number of ketones is 1. The van der Waals surface area contributed by atoms with Crippen LogP contribution in [0.2, 0.25) is 0 Å². The molecule has 1 heterocycles. The molecular formula is C18H14BrNO3.